The minimum Gasteiger partial charge on any atom is -0.481 e. The maximum absolute atomic E-state index is 13.0. The molecule has 6 nitrogen and oxygen atoms in total. The average Bonchev–Trinajstić information content (AvgIpc) is 3.36. The Bertz CT molecular complexity index is 1610. The Morgan fingerprint density at radius 1 is 1.03 bits per heavy atom. The van der Waals surface area contributed by atoms with Crippen molar-refractivity contribution in [3.63, 3.8) is 0 Å². The first-order chi connectivity index (χ1) is 18.1. The number of halogens is 4. The highest BCUT2D eigenvalue weighted by atomic mass is 35.5. The number of aromatic nitrogens is 4. The monoisotopic (exact) mass is 538 g/mol. The van der Waals surface area contributed by atoms with Crippen LogP contribution in [0.15, 0.2) is 79.4 Å². The maximum Gasteiger partial charge on any atom is 0.416 e. The number of hydrogen-bond donors (Lipinski definition) is 1. The molecule has 5 rings (SSSR count). The highest BCUT2D eigenvalue weighted by Gasteiger charge is 2.38. The third kappa shape index (κ3) is 4.48. The van der Waals surface area contributed by atoms with Crippen LogP contribution in [0.2, 0.25) is 5.02 Å². The minimum atomic E-state index is -4.42. The number of imidazole rings is 1. The Kier molecular flexibility index (Phi) is 6.58. The van der Waals surface area contributed by atoms with E-state index < -0.39 is 17.3 Å². The smallest absolute Gasteiger partial charge is 0.416 e. The van der Waals surface area contributed by atoms with E-state index in [1.807, 2.05) is 0 Å². The quantitative estimate of drug-likeness (QED) is 0.290. The van der Waals surface area contributed by atoms with E-state index >= 15 is 0 Å². The third-order valence-corrected chi connectivity index (χ3v) is 6.91. The van der Waals surface area contributed by atoms with E-state index in [1.54, 1.807) is 66.7 Å². The Labute approximate surface area is 221 Å². The summed E-state index contributed by atoms with van der Waals surface area (Å²) in [5.41, 5.74) is 0.642. The number of aryl methyl sites for hydroxylation is 1. The van der Waals surface area contributed by atoms with Gasteiger partial charge in [-0.1, -0.05) is 35.9 Å². The lowest BCUT2D eigenvalue weighted by Crippen LogP contribution is -2.32. The van der Waals surface area contributed by atoms with Crippen molar-refractivity contribution in [3.8, 4) is 5.88 Å². The van der Waals surface area contributed by atoms with Crippen LogP contribution in [0.3, 0.4) is 0 Å². The first-order valence-electron chi connectivity index (χ1n) is 11.6. The molecule has 1 unspecified atom stereocenters. The molecular formula is C28H22ClF3N4O2. The number of nitrogens with zero attached hydrogens (tertiary/aromatic N) is 4. The number of hydrogen-bond acceptors (Lipinski definition) is 5. The van der Waals surface area contributed by atoms with E-state index in [0.29, 0.717) is 44.0 Å². The molecule has 0 amide bonds. The Balaban J connectivity index is 1.65. The van der Waals surface area contributed by atoms with Gasteiger partial charge in [-0.3, -0.25) is 4.98 Å². The molecule has 3 aromatic heterocycles. The van der Waals surface area contributed by atoms with Crippen LogP contribution in [0.4, 0.5) is 13.2 Å². The largest absolute Gasteiger partial charge is 0.481 e. The van der Waals surface area contributed by atoms with E-state index in [-0.39, 0.29) is 12.3 Å². The summed E-state index contributed by atoms with van der Waals surface area (Å²) in [5.74, 6) is 0.266. The molecule has 0 saturated heterocycles. The van der Waals surface area contributed by atoms with Crippen molar-refractivity contribution < 1.29 is 23.0 Å². The van der Waals surface area contributed by atoms with Gasteiger partial charge in [-0.15, -0.1) is 0 Å². The number of rotatable bonds is 6. The summed E-state index contributed by atoms with van der Waals surface area (Å²) in [6.07, 6.45) is 0.528. The first-order valence-corrected chi connectivity index (χ1v) is 11.9. The van der Waals surface area contributed by atoms with E-state index in [1.165, 1.54) is 19.2 Å². The molecule has 0 spiro atoms. The molecule has 5 aromatic rings. The Morgan fingerprint density at radius 2 is 1.76 bits per heavy atom. The molecule has 38 heavy (non-hydrogen) atoms. The summed E-state index contributed by atoms with van der Waals surface area (Å²) in [4.78, 5) is 13.2. The van der Waals surface area contributed by atoms with Crippen LogP contribution in [-0.2, 0) is 25.2 Å². The minimum absolute atomic E-state index is 0.194. The summed E-state index contributed by atoms with van der Waals surface area (Å²) >= 11 is 6.89. The second kappa shape index (κ2) is 9.74. The Hall–Kier alpha value is -3.95. The molecule has 1 N–H and O–H groups in total. The molecule has 0 radical (unpaired) electrons. The molecule has 0 aliphatic heterocycles. The van der Waals surface area contributed by atoms with Gasteiger partial charge in [0.25, 0.3) is 0 Å². The van der Waals surface area contributed by atoms with Gasteiger partial charge in [0.2, 0.25) is 5.88 Å². The van der Waals surface area contributed by atoms with Crippen LogP contribution < -0.4 is 4.74 Å². The SMILES string of the molecule is COc1nc2ccc(C(O)(c3ccccn3)c3cncn3C)cc2c(Cl)c1Cc1ccc(C(F)(F)F)cc1. The highest BCUT2D eigenvalue weighted by molar-refractivity contribution is 6.36. The number of fused-ring (bicyclic) bond motifs is 1. The van der Waals surface area contributed by atoms with E-state index in [4.69, 9.17) is 16.3 Å². The number of alkyl halides is 3. The molecule has 10 heteroatoms. The van der Waals surface area contributed by atoms with Crippen LogP contribution in [-0.4, -0.2) is 31.7 Å². The average molecular weight is 539 g/mol. The van der Waals surface area contributed by atoms with Crippen molar-refractivity contribution in [2.24, 2.45) is 7.05 Å². The van der Waals surface area contributed by atoms with Gasteiger partial charge in [0, 0.05) is 30.6 Å². The molecule has 0 fully saturated rings. The van der Waals surface area contributed by atoms with Gasteiger partial charge in [-0.05, 0) is 47.5 Å². The summed E-state index contributed by atoms with van der Waals surface area (Å²) in [7, 11) is 3.23. The molecule has 0 aliphatic carbocycles. The third-order valence-electron chi connectivity index (χ3n) is 6.47. The normalized spacial score (nSPS) is 13.4. The number of pyridine rings is 2. The van der Waals surface area contributed by atoms with E-state index in [9.17, 15) is 18.3 Å². The predicted octanol–water partition coefficient (Wildman–Crippen LogP) is 5.92. The van der Waals surface area contributed by atoms with E-state index in [0.717, 1.165) is 12.1 Å². The van der Waals surface area contributed by atoms with Gasteiger partial charge < -0.3 is 14.4 Å². The fourth-order valence-electron chi connectivity index (χ4n) is 4.52. The molecule has 3 heterocycles. The maximum atomic E-state index is 13.0. The Morgan fingerprint density at radius 3 is 2.37 bits per heavy atom. The summed E-state index contributed by atoms with van der Waals surface area (Å²) in [6.45, 7) is 0. The van der Waals surface area contributed by atoms with Gasteiger partial charge in [0.1, 0.15) is 0 Å². The second-order valence-electron chi connectivity index (χ2n) is 8.83. The number of benzene rings is 2. The number of methoxy groups -OCH3 is 1. The molecule has 1 atom stereocenters. The molecule has 2 aromatic carbocycles. The zero-order chi connectivity index (χ0) is 27.1. The van der Waals surface area contributed by atoms with E-state index in [2.05, 4.69) is 15.0 Å². The van der Waals surface area contributed by atoms with Gasteiger partial charge >= 0.3 is 6.18 Å². The predicted molar refractivity (Wildman–Crippen MR) is 137 cm³/mol. The van der Waals surface area contributed by atoms with Crippen molar-refractivity contribution in [1.29, 1.82) is 0 Å². The van der Waals surface area contributed by atoms with Crippen molar-refractivity contribution in [3.05, 3.63) is 118 Å². The lowest BCUT2D eigenvalue weighted by Gasteiger charge is -2.29. The van der Waals surface area contributed by atoms with Crippen molar-refractivity contribution in [2.45, 2.75) is 18.2 Å². The molecule has 0 aliphatic rings. The molecular weight excluding hydrogens is 517 g/mol. The van der Waals surface area contributed by atoms with Gasteiger partial charge in [-0.2, -0.15) is 13.2 Å². The second-order valence-corrected chi connectivity index (χ2v) is 9.21. The number of ether oxygens (including phenoxy) is 1. The van der Waals surface area contributed by atoms with Crippen LogP contribution in [0, 0.1) is 0 Å². The van der Waals surface area contributed by atoms with Crippen molar-refractivity contribution in [1.82, 2.24) is 19.5 Å². The zero-order valence-electron chi connectivity index (χ0n) is 20.4. The molecule has 0 saturated carbocycles. The topological polar surface area (TPSA) is 73.1 Å². The van der Waals surface area contributed by atoms with Crippen LogP contribution in [0.25, 0.3) is 10.9 Å². The lowest BCUT2D eigenvalue weighted by molar-refractivity contribution is -0.137. The summed E-state index contributed by atoms with van der Waals surface area (Å²) < 4.78 is 46.2. The highest BCUT2D eigenvalue weighted by Crippen LogP contribution is 2.40. The number of aliphatic hydroxyl groups is 1. The van der Waals surface area contributed by atoms with Crippen molar-refractivity contribution in [2.75, 3.05) is 7.11 Å². The molecule has 0 bridgehead atoms. The summed E-state index contributed by atoms with van der Waals surface area (Å²) in [6, 6.07) is 15.3. The van der Waals surface area contributed by atoms with Crippen LogP contribution in [0.1, 0.15) is 33.6 Å². The van der Waals surface area contributed by atoms with Gasteiger partial charge in [0.15, 0.2) is 5.60 Å². The fourth-order valence-corrected chi connectivity index (χ4v) is 4.81. The lowest BCUT2D eigenvalue weighted by atomic mass is 9.86. The van der Waals surface area contributed by atoms with Crippen LogP contribution >= 0.6 is 11.6 Å². The zero-order valence-corrected chi connectivity index (χ0v) is 21.1. The summed E-state index contributed by atoms with van der Waals surface area (Å²) in [5, 5.41) is 13.0. The standard InChI is InChI=1S/C28H22ClF3N4O2/c1-36-16-33-15-24(36)27(37,23-5-3-4-12-34-23)19-10-11-22-20(14-19)25(29)21(26(35-22)38-2)13-17-6-8-18(9-7-17)28(30,31)32/h3-12,14-16,37H,13H2,1-2H3. The van der Waals surface area contributed by atoms with Crippen molar-refractivity contribution >= 4 is 22.5 Å². The van der Waals surface area contributed by atoms with Crippen LogP contribution in [0.5, 0.6) is 5.88 Å². The first kappa shape index (κ1) is 25.7. The van der Waals surface area contributed by atoms with Gasteiger partial charge in [0.05, 0.1) is 47.1 Å². The van der Waals surface area contributed by atoms with Gasteiger partial charge in [-0.25, -0.2) is 9.97 Å². The fraction of sp³-hybridized carbons (Fsp3) is 0.179. The molecule has 194 valence electrons.